The van der Waals surface area contributed by atoms with Gasteiger partial charge in [-0.05, 0) is 50.6 Å². The van der Waals surface area contributed by atoms with Crippen molar-refractivity contribution < 1.29 is 17.9 Å². The first-order chi connectivity index (χ1) is 13.5. The van der Waals surface area contributed by atoms with Crippen molar-refractivity contribution in [2.24, 2.45) is 0 Å². The fourth-order valence-electron chi connectivity index (χ4n) is 3.65. The Hall–Kier alpha value is -2.16. The van der Waals surface area contributed by atoms with E-state index in [0.717, 1.165) is 20.9 Å². The number of esters is 1. The number of halogens is 1. The molecule has 0 saturated heterocycles. The summed E-state index contributed by atoms with van der Waals surface area (Å²) in [5.41, 5.74) is 1.74. The fraction of sp³-hybridized carbons (Fsp3) is 0.286. The minimum Gasteiger partial charge on any atom is -0.459 e. The number of fused-ring (bicyclic) bond motifs is 2. The molecule has 0 bridgehead atoms. The molecule has 2 heterocycles. The normalized spacial score (nSPS) is 18.0. The fourth-order valence-corrected chi connectivity index (χ4v) is 5.45. The summed E-state index contributed by atoms with van der Waals surface area (Å²) in [5, 5.41) is 0.868. The van der Waals surface area contributed by atoms with Crippen LogP contribution >= 0.6 is 15.9 Å². The first-order valence-corrected chi connectivity index (χ1v) is 11.4. The number of benzene rings is 2. The van der Waals surface area contributed by atoms with E-state index in [4.69, 9.17) is 4.74 Å². The molecule has 29 heavy (non-hydrogen) atoms. The Balaban J connectivity index is 1.82. The average Bonchev–Trinajstić information content (AvgIpc) is 3.08. The molecule has 0 saturated carbocycles. The maximum Gasteiger partial charge on any atom is 0.326 e. The standard InChI is InChI=1S/C21H21BrN2O4S/c1-21(2,3)28-19(25)12-24-11-16(15-10-13(22)8-9-17(15)24)20-14-6-4-5-7-18(14)29(26,27)23-20/h4-11,20,23H,12H2,1-3H3. The van der Waals surface area contributed by atoms with Gasteiger partial charge in [0.05, 0.1) is 10.9 Å². The molecule has 0 radical (unpaired) electrons. The van der Waals surface area contributed by atoms with Gasteiger partial charge >= 0.3 is 5.97 Å². The quantitative estimate of drug-likeness (QED) is 0.576. The average molecular weight is 477 g/mol. The third-order valence-electron chi connectivity index (χ3n) is 4.70. The predicted octanol–water partition coefficient (Wildman–Crippen LogP) is 4.13. The number of aromatic nitrogens is 1. The molecule has 1 aliphatic heterocycles. The van der Waals surface area contributed by atoms with Gasteiger partial charge in [0.2, 0.25) is 10.0 Å². The summed E-state index contributed by atoms with van der Waals surface area (Å²) in [6, 6.07) is 12.2. The zero-order valence-corrected chi connectivity index (χ0v) is 18.7. The maximum absolute atomic E-state index is 12.6. The van der Waals surface area contributed by atoms with E-state index in [2.05, 4.69) is 20.7 Å². The van der Waals surface area contributed by atoms with Gasteiger partial charge in [-0.25, -0.2) is 8.42 Å². The lowest BCUT2D eigenvalue weighted by Gasteiger charge is -2.19. The van der Waals surface area contributed by atoms with Crippen molar-refractivity contribution in [1.29, 1.82) is 0 Å². The van der Waals surface area contributed by atoms with E-state index >= 15 is 0 Å². The van der Waals surface area contributed by atoms with Gasteiger partial charge in [0.25, 0.3) is 0 Å². The smallest absolute Gasteiger partial charge is 0.326 e. The van der Waals surface area contributed by atoms with Crippen molar-refractivity contribution in [2.75, 3.05) is 0 Å². The number of ether oxygens (including phenoxy) is 1. The first-order valence-electron chi connectivity index (χ1n) is 9.16. The molecule has 0 spiro atoms. The van der Waals surface area contributed by atoms with Crippen molar-refractivity contribution >= 4 is 42.8 Å². The number of carbonyl (C=O) groups excluding carboxylic acids is 1. The molecular formula is C21H21BrN2O4S. The van der Waals surface area contributed by atoms with Gasteiger partial charge < -0.3 is 9.30 Å². The first kappa shape index (κ1) is 20.1. The van der Waals surface area contributed by atoms with Crippen LogP contribution in [0.2, 0.25) is 0 Å². The molecule has 3 aromatic rings. The van der Waals surface area contributed by atoms with Gasteiger partial charge in [-0.2, -0.15) is 4.72 Å². The van der Waals surface area contributed by atoms with E-state index in [1.807, 2.05) is 57.3 Å². The number of carbonyl (C=O) groups is 1. The number of hydrogen-bond donors (Lipinski definition) is 1. The minimum absolute atomic E-state index is 0.0382. The second-order valence-corrected chi connectivity index (χ2v) is 10.7. The summed E-state index contributed by atoms with van der Waals surface area (Å²) in [4.78, 5) is 12.7. The topological polar surface area (TPSA) is 77.4 Å². The third kappa shape index (κ3) is 3.84. The number of nitrogens with one attached hydrogen (secondary N) is 1. The molecule has 1 N–H and O–H groups in total. The van der Waals surface area contributed by atoms with Crippen molar-refractivity contribution in [2.45, 2.75) is 43.9 Å². The van der Waals surface area contributed by atoms with Gasteiger partial charge in [0.15, 0.2) is 0 Å². The Morgan fingerprint density at radius 1 is 1.17 bits per heavy atom. The Kier molecular flexibility index (Phi) is 4.83. The molecule has 0 fully saturated rings. The predicted molar refractivity (Wildman–Crippen MR) is 114 cm³/mol. The Labute approximate surface area is 178 Å². The van der Waals surface area contributed by atoms with Crippen molar-refractivity contribution in [3.05, 3.63) is 64.3 Å². The van der Waals surface area contributed by atoms with Crippen LogP contribution in [0.25, 0.3) is 10.9 Å². The van der Waals surface area contributed by atoms with Gasteiger partial charge in [-0.3, -0.25) is 4.79 Å². The molecule has 4 rings (SSSR count). The van der Waals surface area contributed by atoms with E-state index in [1.54, 1.807) is 16.7 Å². The molecule has 0 aliphatic carbocycles. The number of nitrogens with zero attached hydrogens (tertiary/aromatic N) is 1. The number of hydrogen-bond acceptors (Lipinski definition) is 4. The van der Waals surface area contributed by atoms with Crippen LogP contribution in [0, 0.1) is 0 Å². The van der Waals surface area contributed by atoms with E-state index in [0.29, 0.717) is 5.56 Å². The molecule has 1 atom stereocenters. The van der Waals surface area contributed by atoms with E-state index in [9.17, 15) is 13.2 Å². The molecule has 2 aromatic carbocycles. The zero-order chi connectivity index (χ0) is 21.0. The largest absolute Gasteiger partial charge is 0.459 e. The molecule has 1 aliphatic rings. The van der Waals surface area contributed by atoms with Gasteiger partial charge in [-0.1, -0.05) is 34.1 Å². The monoisotopic (exact) mass is 476 g/mol. The zero-order valence-electron chi connectivity index (χ0n) is 16.3. The molecule has 1 unspecified atom stereocenters. The van der Waals surface area contributed by atoms with Crippen LogP contribution < -0.4 is 4.72 Å². The van der Waals surface area contributed by atoms with Crippen molar-refractivity contribution in [3.8, 4) is 0 Å². The lowest BCUT2D eigenvalue weighted by atomic mass is 9.99. The van der Waals surface area contributed by atoms with Crippen molar-refractivity contribution in [1.82, 2.24) is 9.29 Å². The third-order valence-corrected chi connectivity index (χ3v) is 6.69. The van der Waals surface area contributed by atoms with Gasteiger partial charge in [0.1, 0.15) is 12.1 Å². The Morgan fingerprint density at radius 3 is 2.62 bits per heavy atom. The van der Waals surface area contributed by atoms with Crippen LogP contribution in [0.4, 0.5) is 0 Å². The van der Waals surface area contributed by atoms with E-state index < -0.39 is 21.7 Å². The van der Waals surface area contributed by atoms with Gasteiger partial charge in [0, 0.05) is 27.1 Å². The van der Waals surface area contributed by atoms with Crippen LogP contribution in [-0.4, -0.2) is 24.6 Å². The van der Waals surface area contributed by atoms with E-state index in [-0.39, 0.29) is 17.4 Å². The number of rotatable bonds is 3. The summed E-state index contributed by atoms with van der Waals surface area (Å²) in [5.74, 6) is -0.351. The van der Waals surface area contributed by atoms with Crippen molar-refractivity contribution in [3.63, 3.8) is 0 Å². The Morgan fingerprint density at radius 2 is 1.90 bits per heavy atom. The molecular weight excluding hydrogens is 456 g/mol. The summed E-state index contributed by atoms with van der Waals surface area (Å²) < 4.78 is 36.0. The highest BCUT2D eigenvalue weighted by molar-refractivity contribution is 9.10. The molecule has 8 heteroatoms. The number of sulfonamides is 1. The second-order valence-electron chi connectivity index (χ2n) is 8.05. The van der Waals surface area contributed by atoms with Gasteiger partial charge in [-0.15, -0.1) is 0 Å². The maximum atomic E-state index is 12.6. The second kappa shape index (κ2) is 6.97. The lowest BCUT2D eigenvalue weighted by Crippen LogP contribution is -2.26. The van der Waals surface area contributed by atoms with Crippen LogP contribution in [0.5, 0.6) is 0 Å². The minimum atomic E-state index is -3.58. The summed E-state index contributed by atoms with van der Waals surface area (Å²) in [6.45, 7) is 5.51. The van der Waals surface area contributed by atoms with Crippen LogP contribution in [-0.2, 0) is 26.1 Å². The van der Waals surface area contributed by atoms with Crippen LogP contribution in [0.15, 0.2) is 58.0 Å². The summed E-state index contributed by atoms with van der Waals surface area (Å²) in [6.07, 6.45) is 1.83. The van der Waals surface area contributed by atoms with Crippen LogP contribution in [0.3, 0.4) is 0 Å². The lowest BCUT2D eigenvalue weighted by molar-refractivity contribution is -0.155. The highest BCUT2D eigenvalue weighted by Gasteiger charge is 2.36. The Bertz CT molecular complexity index is 1230. The van der Waals surface area contributed by atoms with E-state index in [1.165, 1.54) is 0 Å². The van der Waals surface area contributed by atoms with Crippen LogP contribution in [0.1, 0.15) is 37.9 Å². The molecule has 1 aromatic heterocycles. The summed E-state index contributed by atoms with van der Waals surface area (Å²) >= 11 is 3.49. The highest BCUT2D eigenvalue weighted by Crippen LogP contribution is 2.39. The molecule has 6 nitrogen and oxygen atoms in total. The highest BCUT2D eigenvalue weighted by atomic mass is 79.9. The molecule has 0 amide bonds. The molecule has 152 valence electrons. The SMILES string of the molecule is CC(C)(C)OC(=O)Cn1cc(C2NS(=O)(=O)c3ccccc32)c2cc(Br)ccc21. The summed E-state index contributed by atoms with van der Waals surface area (Å²) in [7, 11) is -3.58.